The number of hydrogen-bond acceptors (Lipinski definition) is 6. The maximum atomic E-state index is 5.95. The van der Waals surface area contributed by atoms with Crippen LogP contribution in [0.25, 0.3) is 11.3 Å². The van der Waals surface area contributed by atoms with Gasteiger partial charge in [0.2, 0.25) is 0 Å². The summed E-state index contributed by atoms with van der Waals surface area (Å²) in [6, 6.07) is 11.6. The van der Waals surface area contributed by atoms with Crippen LogP contribution in [0.2, 0.25) is 5.02 Å². The third-order valence-corrected chi connectivity index (χ3v) is 5.80. The van der Waals surface area contributed by atoms with E-state index < -0.39 is 0 Å². The highest BCUT2D eigenvalue weighted by Crippen LogP contribution is 2.23. The molecule has 29 heavy (non-hydrogen) atoms. The number of hydrogen-bond donors (Lipinski definition) is 1. The number of nitrogens with zero attached hydrogens (tertiary/aromatic N) is 4. The van der Waals surface area contributed by atoms with E-state index in [4.69, 9.17) is 16.0 Å². The molecule has 0 unspecified atom stereocenters. The van der Waals surface area contributed by atoms with Crippen molar-refractivity contribution in [3.63, 3.8) is 0 Å². The number of rotatable bonds is 8. The lowest BCUT2D eigenvalue weighted by Crippen LogP contribution is -2.43. The molecule has 0 saturated carbocycles. The minimum Gasteiger partial charge on any atom is -0.455 e. The molecule has 3 heterocycles. The second-order valence-corrected chi connectivity index (χ2v) is 8.18. The summed E-state index contributed by atoms with van der Waals surface area (Å²) in [5.41, 5.74) is 1.02. The molecule has 0 amide bonds. The lowest BCUT2D eigenvalue weighted by atomic mass is 10.2. The summed E-state index contributed by atoms with van der Waals surface area (Å²) >= 11 is 5.95. The first-order valence-corrected chi connectivity index (χ1v) is 10.9. The first-order chi connectivity index (χ1) is 14.3. The third kappa shape index (κ3) is 6.06. The molecular formula is C22H30ClN5O. The summed E-state index contributed by atoms with van der Waals surface area (Å²) in [6.07, 6.45) is 4.34. The molecule has 2 fully saturated rings. The van der Waals surface area contributed by atoms with Crippen LogP contribution in [0.15, 0.2) is 45.9 Å². The number of hydrazone groups is 1. The maximum absolute atomic E-state index is 5.95. The van der Waals surface area contributed by atoms with Gasteiger partial charge in [-0.2, -0.15) is 5.10 Å². The van der Waals surface area contributed by atoms with Crippen LogP contribution in [0.5, 0.6) is 0 Å². The van der Waals surface area contributed by atoms with Gasteiger partial charge in [-0.05, 0) is 62.3 Å². The number of unbranched alkanes of at least 4 members (excludes halogenated alkanes) is 1. The van der Waals surface area contributed by atoms with Crippen molar-refractivity contribution < 1.29 is 4.42 Å². The Balaban J connectivity index is 1.18. The smallest absolute Gasteiger partial charge is 0.147 e. The summed E-state index contributed by atoms with van der Waals surface area (Å²) in [4.78, 5) is 5.05. The molecule has 0 radical (unpaired) electrons. The third-order valence-electron chi connectivity index (χ3n) is 5.55. The first-order valence-electron chi connectivity index (χ1n) is 10.6. The van der Waals surface area contributed by atoms with Crippen LogP contribution in [0, 0.1) is 0 Å². The summed E-state index contributed by atoms with van der Waals surface area (Å²) < 4.78 is 5.89. The minimum absolute atomic E-state index is 0.726. The highest BCUT2D eigenvalue weighted by Gasteiger charge is 2.18. The lowest BCUT2D eigenvalue weighted by Gasteiger charge is -2.27. The van der Waals surface area contributed by atoms with Gasteiger partial charge in [-0.25, -0.2) is 0 Å². The topological polar surface area (TPSA) is 47.2 Å². The quantitative estimate of drug-likeness (QED) is 0.530. The Morgan fingerprint density at radius 1 is 0.931 bits per heavy atom. The van der Waals surface area contributed by atoms with Gasteiger partial charge in [-0.3, -0.25) is 9.91 Å². The number of furan rings is 1. The number of halogens is 1. The average molecular weight is 416 g/mol. The lowest BCUT2D eigenvalue weighted by molar-refractivity contribution is 0.221. The Labute approximate surface area is 178 Å². The minimum atomic E-state index is 0.726. The van der Waals surface area contributed by atoms with Crippen LogP contribution in [0.4, 0.5) is 0 Å². The van der Waals surface area contributed by atoms with E-state index in [1.54, 1.807) is 0 Å². The highest BCUT2D eigenvalue weighted by atomic mass is 35.5. The number of nitrogens with one attached hydrogen (secondary N) is 1. The Kier molecular flexibility index (Phi) is 7.22. The zero-order chi connectivity index (χ0) is 19.9. The van der Waals surface area contributed by atoms with Crippen molar-refractivity contribution in [3.8, 4) is 11.3 Å². The SMILES string of the molecule is Clc1ccc(-c2ccc(C=NN3CCN(CCCCN4CCNCC4)C3)o2)cc1. The van der Waals surface area contributed by atoms with E-state index >= 15 is 0 Å². The Bertz CT molecular complexity index is 785. The molecule has 0 atom stereocenters. The molecule has 1 aromatic carbocycles. The van der Waals surface area contributed by atoms with Crippen LogP contribution in [-0.2, 0) is 0 Å². The Hall–Kier alpha value is -1.86. The predicted molar refractivity (Wildman–Crippen MR) is 118 cm³/mol. The maximum Gasteiger partial charge on any atom is 0.147 e. The van der Waals surface area contributed by atoms with Crippen LogP contribution in [-0.4, -0.2) is 80.1 Å². The predicted octanol–water partition coefficient (Wildman–Crippen LogP) is 3.19. The molecule has 2 aliphatic heterocycles. The molecule has 2 aromatic rings. The molecule has 2 saturated heterocycles. The van der Waals surface area contributed by atoms with Crippen LogP contribution < -0.4 is 5.32 Å². The average Bonchev–Trinajstić information content (AvgIpc) is 3.41. The van der Waals surface area contributed by atoms with Crippen molar-refractivity contribution in [2.45, 2.75) is 12.8 Å². The molecule has 1 N–H and O–H groups in total. The zero-order valence-corrected chi connectivity index (χ0v) is 17.7. The summed E-state index contributed by atoms with van der Waals surface area (Å²) in [5, 5.41) is 10.9. The second kappa shape index (κ2) is 10.3. The van der Waals surface area contributed by atoms with E-state index in [9.17, 15) is 0 Å². The fourth-order valence-electron chi connectivity index (χ4n) is 3.84. The van der Waals surface area contributed by atoms with E-state index in [1.807, 2.05) is 42.6 Å². The van der Waals surface area contributed by atoms with Crippen LogP contribution in [0.1, 0.15) is 18.6 Å². The van der Waals surface area contributed by atoms with E-state index in [1.165, 1.54) is 32.5 Å². The van der Waals surface area contributed by atoms with Gasteiger partial charge in [0.15, 0.2) is 0 Å². The highest BCUT2D eigenvalue weighted by molar-refractivity contribution is 6.30. The van der Waals surface area contributed by atoms with E-state index in [2.05, 4.69) is 25.2 Å². The van der Waals surface area contributed by atoms with Gasteiger partial charge in [0, 0.05) is 43.3 Å². The molecule has 2 aliphatic rings. The molecule has 7 heteroatoms. The Morgan fingerprint density at radius 3 is 2.48 bits per heavy atom. The van der Waals surface area contributed by atoms with E-state index in [0.717, 1.165) is 61.5 Å². The molecule has 6 nitrogen and oxygen atoms in total. The van der Waals surface area contributed by atoms with Crippen molar-refractivity contribution in [2.24, 2.45) is 5.10 Å². The largest absolute Gasteiger partial charge is 0.455 e. The van der Waals surface area contributed by atoms with E-state index in [0.29, 0.717) is 0 Å². The number of benzene rings is 1. The fraction of sp³-hybridized carbons (Fsp3) is 0.500. The summed E-state index contributed by atoms with van der Waals surface area (Å²) in [5.74, 6) is 1.60. The molecule has 0 spiro atoms. The fourth-order valence-corrected chi connectivity index (χ4v) is 3.97. The monoisotopic (exact) mass is 415 g/mol. The summed E-state index contributed by atoms with van der Waals surface area (Å²) in [7, 11) is 0. The Morgan fingerprint density at radius 2 is 1.69 bits per heavy atom. The van der Waals surface area contributed by atoms with Crippen LogP contribution in [0.3, 0.4) is 0 Å². The van der Waals surface area contributed by atoms with Crippen molar-refractivity contribution in [2.75, 3.05) is 59.0 Å². The first kappa shape index (κ1) is 20.4. The van der Waals surface area contributed by atoms with Crippen molar-refractivity contribution in [1.29, 1.82) is 0 Å². The molecule has 1 aromatic heterocycles. The van der Waals surface area contributed by atoms with Gasteiger partial charge in [-0.1, -0.05) is 11.6 Å². The van der Waals surface area contributed by atoms with Gasteiger partial charge in [0.25, 0.3) is 0 Å². The van der Waals surface area contributed by atoms with Crippen molar-refractivity contribution in [1.82, 2.24) is 20.1 Å². The second-order valence-electron chi connectivity index (χ2n) is 7.74. The standard InChI is InChI=1S/C22H30ClN5O/c23-20-5-3-19(4-6-20)22-8-7-21(29-22)17-25-28-16-15-27(18-28)12-2-1-11-26-13-9-24-10-14-26/h3-8,17,24H,1-2,9-16,18H2. The molecule has 4 rings (SSSR count). The summed E-state index contributed by atoms with van der Waals surface area (Å²) in [6.45, 7) is 9.99. The molecule has 156 valence electrons. The van der Waals surface area contributed by atoms with Gasteiger partial charge >= 0.3 is 0 Å². The van der Waals surface area contributed by atoms with Gasteiger partial charge < -0.3 is 14.6 Å². The zero-order valence-electron chi connectivity index (χ0n) is 16.9. The van der Waals surface area contributed by atoms with E-state index in [-0.39, 0.29) is 0 Å². The van der Waals surface area contributed by atoms with Gasteiger partial charge in [0.1, 0.15) is 11.5 Å². The van der Waals surface area contributed by atoms with Crippen LogP contribution >= 0.6 is 11.6 Å². The number of piperazine rings is 1. The van der Waals surface area contributed by atoms with Crippen molar-refractivity contribution in [3.05, 3.63) is 47.2 Å². The van der Waals surface area contributed by atoms with Crippen molar-refractivity contribution >= 4 is 17.8 Å². The molecular weight excluding hydrogens is 386 g/mol. The molecule has 0 bridgehead atoms. The molecule has 0 aliphatic carbocycles. The van der Waals surface area contributed by atoms with Gasteiger partial charge in [-0.15, -0.1) is 0 Å². The van der Waals surface area contributed by atoms with Gasteiger partial charge in [0.05, 0.1) is 19.4 Å². The normalized spacial score (nSPS) is 18.9.